The fourth-order valence-electron chi connectivity index (χ4n) is 2.66. The number of ketones is 1. The van der Waals surface area contributed by atoms with Gasteiger partial charge in [-0.2, -0.15) is 0 Å². The molecule has 5 nitrogen and oxygen atoms in total. The molecule has 0 aliphatic carbocycles. The molecule has 0 fully saturated rings. The van der Waals surface area contributed by atoms with E-state index in [1.807, 2.05) is 42.5 Å². The summed E-state index contributed by atoms with van der Waals surface area (Å²) in [6, 6.07) is 17.8. The fourth-order valence-corrected chi connectivity index (χ4v) is 2.92. The Bertz CT molecular complexity index is 1120. The molecule has 0 unspecified atom stereocenters. The molecule has 0 N–H and O–H groups in total. The first-order valence-corrected chi connectivity index (χ1v) is 8.24. The Morgan fingerprint density at radius 1 is 1.00 bits per heavy atom. The van der Waals surface area contributed by atoms with Crippen molar-refractivity contribution in [2.24, 2.45) is 0 Å². The second kappa shape index (κ2) is 6.61. The number of esters is 1. The second-order valence-corrected chi connectivity index (χ2v) is 6.03. The normalized spacial score (nSPS) is 11.0. The van der Waals surface area contributed by atoms with E-state index in [-0.39, 0.29) is 16.6 Å². The first-order chi connectivity index (χ1) is 12.6. The van der Waals surface area contributed by atoms with Crippen LogP contribution in [0.15, 0.2) is 65.1 Å². The number of Topliss-reactive ketones (excluding diaryl/α,β-unsaturated/α-hetero) is 1. The highest BCUT2D eigenvalue weighted by Crippen LogP contribution is 2.23. The number of carbonyl (C=O) groups is 2. The molecular weight excluding hydrogens is 354 g/mol. The highest BCUT2D eigenvalue weighted by atomic mass is 35.5. The first-order valence-electron chi connectivity index (χ1n) is 7.86. The van der Waals surface area contributed by atoms with E-state index in [4.69, 9.17) is 20.8 Å². The summed E-state index contributed by atoms with van der Waals surface area (Å²) in [6.45, 7) is -0.440. The highest BCUT2D eigenvalue weighted by molar-refractivity contribution is 6.34. The molecule has 6 heteroatoms. The Hall–Kier alpha value is -3.18. The van der Waals surface area contributed by atoms with Gasteiger partial charge in [0.2, 0.25) is 5.78 Å². The van der Waals surface area contributed by atoms with Crippen molar-refractivity contribution >= 4 is 45.1 Å². The molecular formula is C20H12ClNO4. The van der Waals surface area contributed by atoms with Crippen molar-refractivity contribution in [2.75, 3.05) is 6.61 Å². The minimum absolute atomic E-state index is 0.0473. The minimum Gasteiger partial charge on any atom is -0.453 e. The van der Waals surface area contributed by atoms with Crippen LogP contribution in [0.1, 0.15) is 21.0 Å². The number of fused-ring (bicyclic) bond motifs is 2. The standard InChI is InChI=1S/C20H12ClNO4/c21-19-14-7-3-1-5-12(14)9-15(22-19)20(24)25-11-16(23)18-10-13-6-2-4-8-17(13)26-18/h1-10H,11H2. The maximum absolute atomic E-state index is 12.2. The molecule has 4 rings (SSSR count). The third-order valence-electron chi connectivity index (χ3n) is 3.94. The molecule has 0 atom stereocenters. The molecule has 4 aromatic rings. The summed E-state index contributed by atoms with van der Waals surface area (Å²) in [5.74, 6) is -1.01. The third kappa shape index (κ3) is 3.05. The van der Waals surface area contributed by atoms with Gasteiger partial charge >= 0.3 is 5.97 Å². The number of para-hydroxylation sites is 1. The topological polar surface area (TPSA) is 69.4 Å². The van der Waals surface area contributed by atoms with Gasteiger partial charge in [0.25, 0.3) is 0 Å². The smallest absolute Gasteiger partial charge is 0.357 e. The zero-order valence-corrected chi connectivity index (χ0v) is 14.2. The molecule has 26 heavy (non-hydrogen) atoms. The Balaban J connectivity index is 1.50. The first kappa shape index (κ1) is 16.3. The van der Waals surface area contributed by atoms with Gasteiger partial charge in [-0.05, 0) is 23.6 Å². The van der Waals surface area contributed by atoms with E-state index in [1.165, 1.54) is 0 Å². The van der Waals surface area contributed by atoms with Crippen LogP contribution in [0.2, 0.25) is 5.15 Å². The van der Waals surface area contributed by atoms with Crippen molar-refractivity contribution in [1.82, 2.24) is 4.98 Å². The lowest BCUT2D eigenvalue weighted by molar-refractivity contribution is 0.0463. The average molecular weight is 366 g/mol. The van der Waals surface area contributed by atoms with E-state index in [1.54, 1.807) is 18.2 Å². The highest BCUT2D eigenvalue weighted by Gasteiger charge is 2.17. The summed E-state index contributed by atoms with van der Waals surface area (Å²) in [5.41, 5.74) is 0.649. The molecule has 128 valence electrons. The van der Waals surface area contributed by atoms with Gasteiger partial charge in [-0.1, -0.05) is 54.1 Å². The lowest BCUT2D eigenvalue weighted by Crippen LogP contribution is -2.15. The van der Waals surface area contributed by atoms with Crippen LogP contribution >= 0.6 is 11.6 Å². The number of carbonyl (C=O) groups excluding carboxylic acids is 2. The van der Waals surface area contributed by atoms with Crippen molar-refractivity contribution in [3.05, 3.63) is 77.3 Å². The SMILES string of the molecule is O=C(OCC(=O)c1cc2ccccc2o1)c1cc2ccccc2c(Cl)n1. The lowest BCUT2D eigenvalue weighted by Gasteiger charge is -2.05. The maximum atomic E-state index is 12.2. The summed E-state index contributed by atoms with van der Waals surface area (Å²) in [5, 5.41) is 2.52. The van der Waals surface area contributed by atoms with E-state index in [2.05, 4.69) is 4.98 Å². The number of pyridine rings is 1. The average Bonchev–Trinajstić information content (AvgIpc) is 3.10. The van der Waals surface area contributed by atoms with Crippen molar-refractivity contribution in [2.45, 2.75) is 0 Å². The molecule has 0 spiro atoms. The Morgan fingerprint density at radius 3 is 2.54 bits per heavy atom. The monoisotopic (exact) mass is 365 g/mol. The Labute approximate surface area is 153 Å². The van der Waals surface area contributed by atoms with Gasteiger partial charge in [-0.25, -0.2) is 9.78 Å². The molecule has 0 amide bonds. The van der Waals surface area contributed by atoms with Crippen molar-refractivity contribution in [3.8, 4) is 0 Å². The fraction of sp³-hybridized carbons (Fsp3) is 0.0500. The van der Waals surface area contributed by atoms with Crippen LogP contribution in [0.5, 0.6) is 0 Å². The van der Waals surface area contributed by atoms with Gasteiger partial charge < -0.3 is 9.15 Å². The van der Waals surface area contributed by atoms with Crippen LogP contribution in [0.3, 0.4) is 0 Å². The van der Waals surface area contributed by atoms with Gasteiger partial charge in [-0.3, -0.25) is 4.79 Å². The molecule has 2 heterocycles. The number of hydrogen-bond donors (Lipinski definition) is 0. The molecule has 0 saturated heterocycles. The summed E-state index contributed by atoms with van der Waals surface area (Å²) >= 11 is 6.11. The van der Waals surface area contributed by atoms with Crippen LogP contribution in [0.4, 0.5) is 0 Å². The summed E-state index contributed by atoms with van der Waals surface area (Å²) in [6.07, 6.45) is 0. The van der Waals surface area contributed by atoms with Crippen LogP contribution < -0.4 is 0 Å². The van der Waals surface area contributed by atoms with E-state index in [9.17, 15) is 9.59 Å². The molecule has 0 radical (unpaired) electrons. The molecule has 0 bridgehead atoms. The van der Waals surface area contributed by atoms with E-state index < -0.39 is 18.4 Å². The molecule has 0 aliphatic heterocycles. The van der Waals surface area contributed by atoms with E-state index in [0.717, 1.165) is 16.2 Å². The zero-order valence-electron chi connectivity index (χ0n) is 13.4. The maximum Gasteiger partial charge on any atom is 0.357 e. The van der Waals surface area contributed by atoms with Crippen LogP contribution in [-0.4, -0.2) is 23.3 Å². The number of aromatic nitrogens is 1. The molecule has 2 aromatic carbocycles. The third-order valence-corrected chi connectivity index (χ3v) is 4.23. The summed E-state index contributed by atoms with van der Waals surface area (Å²) in [7, 11) is 0. The minimum atomic E-state index is -0.720. The van der Waals surface area contributed by atoms with Crippen molar-refractivity contribution in [1.29, 1.82) is 0 Å². The lowest BCUT2D eigenvalue weighted by atomic mass is 10.1. The Morgan fingerprint density at radius 2 is 1.73 bits per heavy atom. The van der Waals surface area contributed by atoms with E-state index in [0.29, 0.717) is 5.58 Å². The summed E-state index contributed by atoms with van der Waals surface area (Å²) < 4.78 is 10.5. The number of hydrogen-bond acceptors (Lipinski definition) is 5. The van der Waals surface area contributed by atoms with Crippen LogP contribution in [-0.2, 0) is 4.74 Å². The van der Waals surface area contributed by atoms with Crippen LogP contribution in [0.25, 0.3) is 21.7 Å². The largest absolute Gasteiger partial charge is 0.453 e. The molecule has 0 aliphatic rings. The molecule has 0 saturated carbocycles. The van der Waals surface area contributed by atoms with Crippen molar-refractivity contribution < 1.29 is 18.7 Å². The quantitative estimate of drug-likeness (QED) is 0.298. The predicted molar refractivity (Wildman–Crippen MR) is 97.6 cm³/mol. The number of furan rings is 1. The zero-order chi connectivity index (χ0) is 18.1. The summed E-state index contributed by atoms with van der Waals surface area (Å²) in [4.78, 5) is 28.5. The van der Waals surface area contributed by atoms with Gasteiger partial charge in [0, 0.05) is 10.8 Å². The Kier molecular flexibility index (Phi) is 4.14. The van der Waals surface area contributed by atoms with Crippen LogP contribution in [0, 0.1) is 0 Å². The van der Waals surface area contributed by atoms with Gasteiger partial charge in [-0.15, -0.1) is 0 Å². The van der Waals surface area contributed by atoms with E-state index >= 15 is 0 Å². The van der Waals surface area contributed by atoms with Gasteiger partial charge in [0.1, 0.15) is 10.7 Å². The second-order valence-electron chi connectivity index (χ2n) is 5.67. The number of rotatable bonds is 4. The number of nitrogens with zero attached hydrogens (tertiary/aromatic N) is 1. The number of benzene rings is 2. The van der Waals surface area contributed by atoms with Gasteiger partial charge in [0.05, 0.1) is 0 Å². The molecule has 2 aromatic heterocycles. The number of ether oxygens (including phenoxy) is 1. The number of halogens is 1. The predicted octanol–water partition coefficient (Wildman–Crippen LogP) is 4.67. The van der Waals surface area contributed by atoms with Gasteiger partial charge in [0.15, 0.2) is 18.1 Å². The van der Waals surface area contributed by atoms with Crippen molar-refractivity contribution in [3.63, 3.8) is 0 Å².